The van der Waals surface area contributed by atoms with Gasteiger partial charge >= 0.3 is 5.69 Å². The second kappa shape index (κ2) is 5.06. The van der Waals surface area contributed by atoms with Gasteiger partial charge in [0.15, 0.2) is 17.0 Å². The molecule has 0 saturated heterocycles. The van der Waals surface area contributed by atoms with Crippen molar-refractivity contribution >= 4 is 17.5 Å². The van der Waals surface area contributed by atoms with E-state index in [1.54, 1.807) is 6.92 Å². The van der Waals surface area contributed by atoms with E-state index in [1.165, 1.54) is 22.5 Å². The molecule has 0 aliphatic rings. The van der Waals surface area contributed by atoms with Gasteiger partial charge in [-0.3, -0.25) is 9.36 Å². The number of carbonyl (C=O) groups excluding carboxylic acids is 1. The Labute approximate surface area is 122 Å². The molecule has 0 N–H and O–H groups in total. The van der Waals surface area contributed by atoms with Crippen LogP contribution in [0.25, 0.3) is 11.2 Å². The van der Waals surface area contributed by atoms with Crippen molar-refractivity contribution in [2.45, 2.75) is 20.0 Å². The number of hydrogen-bond donors (Lipinski definition) is 0. The van der Waals surface area contributed by atoms with Crippen molar-refractivity contribution in [2.75, 3.05) is 0 Å². The van der Waals surface area contributed by atoms with E-state index in [2.05, 4.69) is 15.1 Å². The lowest BCUT2D eigenvalue weighted by Gasteiger charge is -2.06. The van der Waals surface area contributed by atoms with E-state index in [1.807, 2.05) is 0 Å². The van der Waals surface area contributed by atoms with Crippen LogP contribution in [0.15, 0.2) is 20.4 Å². The van der Waals surface area contributed by atoms with Gasteiger partial charge in [-0.15, -0.1) is 0 Å². The van der Waals surface area contributed by atoms with Crippen molar-refractivity contribution in [1.82, 2.24) is 28.8 Å². The molecule has 0 aliphatic carbocycles. The first-order valence-electron chi connectivity index (χ1n) is 6.40. The molecule has 0 amide bonds. The number of imidazole rings is 1. The number of aryl methyl sites for hydroxylation is 2. The summed E-state index contributed by atoms with van der Waals surface area (Å²) in [5.74, 6) is 0.560. The van der Waals surface area contributed by atoms with Gasteiger partial charge in [-0.1, -0.05) is 5.16 Å². The zero-order valence-corrected chi connectivity index (χ0v) is 11.9. The molecule has 114 valence electrons. The van der Waals surface area contributed by atoms with Gasteiger partial charge in [0.2, 0.25) is 5.89 Å². The van der Waals surface area contributed by atoms with E-state index in [0.29, 0.717) is 12.1 Å². The Morgan fingerprint density at radius 2 is 2.14 bits per heavy atom. The molecule has 0 bridgehead atoms. The smallest absolute Gasteiger partial charge is 0.332 e. The number of nitrogens with zero attached hydrogens (tertiary/aromatic N) is 6. The Hall–Kier alpha value is -3.04. The first kappa shape index (κ1) is 13.9. The van der Waals surface area contributed by atoms with Gasteiger partial charge in [0.05, 0.1) is 12.9 Å². The van der Waals surface area contributed by atoms with Gasteiger partial charge in [-0.2, -0.15) is 4.98 Å². The fourth-order valence-corrected chi connectivity index (χ4v) is 2.22. The minimum Gasteiger partial charge on any atom is -0.337 e. The highest BCUT2D eigenvalue weighted by atomic mass is 16.5. The third kappa shape index (κ3) is 2.05. The zero-order chi connectivity index (χ0) is 15.9. The molecule has 3 rings (SSSR count). The molecule has 0 saturated carbocycles. The number of rotatable bonds is 4. The maximum atomic E-state index is 12.6. The lowest BCUT2D eigenvalue weighted by Crippen LogP contribution is -2.40. The van der Waals surface area contributed by atoms with Crippen LogP contribution < -0.4 is 11.2 Å². The summed E-state index contributed by atoms with van der Waals surface area (Å²) in [7, 11) is 1.50. The average Bonchev–Trinajstić information content (AvgIpc) is 3.08. The van der Waals surface area contributed by atoms with Crippen molar-refractivity contribution in [2.24, 2.45) is 7.05 Å². The molecule has 0 radical (unpaired) electrons. The van der Waals surface area contributed by atoms with E-state index in [-0.39, 0.29) is 30.1 Å². The van der Waals surface area contributed by atoms with Gasteiger partial charge in [-0.25, -0.2) is 14.3 Å². The third-order valence-corrected chi connectivity index (χ3v) is 3.24. The Morgan fingerprint density at radius 1 is 1.36 bits per heavy atom. The first-order chi connectivity index (χ1) is 10.5. The summed E-state index contributed by atoms with van der Waals surface area (Å²) in [5, 5.41) is 3.62. The molecule has 0 fully saturated rings. The molecule has 3 aromatic rings. The van der Waals surface area contributed by atoms with Crippen LogP contribution in [0.5, 0.6) is 0 Å². The molecule has 0 aromatic carbocycles. The van der Waals surface area contributed by atoms with Crippen LogP contribution in [0.1, 0.15) is 11.7 Å². The minimum absolute atomic E-state index is 0.0242. The fraction of sp³-hybridized carbons (Fsp3) is 0.333. The molecule has 22 heavy (non-hydrogen) atoms. The van der Waals surface area contributed by atoms with Gasteiger partial charge in [0, 0.05) is 7.05 Å². The van der Waals surface area contributed by atoms with Crippen molar-refractivity contribution in [3.05, 3.63) is 38.9 Å². The molecule has 10 nitrogen and oxygen atoms in total. The molecular formula is C12H12N6O4. The SMILES string of the molecule is Cc1noc(Cn2c(=O)c3c(ncn3CC=O)n(C)c2=O)n1. The maximum Gasteiger partial charge on any atom is 0.332 e. The molecule has 0 unspecified atom stereocenters. The number of fused-ring (bicyclic) bond motifs is 1. The van der Waals surface area contributed by atoms with Gasteiger partial charge < -0.3 is 13.9 Å². The van der Waals surface area contributed by atoms with Gasteiger partial charge in [0.1, 0.15) is 12.8 Å². The lowest BCUT2D eigenvalue weighted by molar-refractivity contribution is -0.108. The van der Waals surface area contributed by atoms with Crippen LogP contribution >= 0.6 is 0 Å². The topological polar surface area (TPSA) is 118 Å². The van der Waals surface area contributed by atoms with E-state index in [0.717, 1.165) is 4.57 Å². The molecular weight excluding hydrogens is 292 g/mol. The highest BCUT2D eigenvalue weighted by molar-refractivity contribution is 5.71. The normalized spacial score (nSPS) is 11.2. The van der Waals surface area contributed by atoms with Crippen LogP contribution in [0.2, 0.25) is 0 Å². The fourth-order valence-electron chi connectivity index (χ4n) is 2.22. The maximum absolute atomic E-state index is 12.6. The standard InChI is InChI=1S/C12H12N6O4/c1-7-14-8(22-15-7)5-18-11(20)9-10(16(2)12(18)21)13-6-17(9)3-4-19/h4,6H,3,5H2,1-2H3. The summed E-state index contributed by atoms with van der Waals surface area (Å²) in [6.45, 7) is 1.47. The van der Waals surface area contributed by atoms with Crippen molar-refractivity contribution in [3.63, 3.8) is 0 Å². The number of hydrogen-bond acceptors (Lipinski definition) is 7. The summed E-state index contributed by atoms with van der Waals surface area (Å²) in [5.41, 5.74) is -0.724. The number of aromatic nitrogens is 6. The average molecular weight is 304 g/mol. The minimum atomic E-state index is -0.562. The molecule has 3 aromatic heterocycles. The number of carbonyl (C=O) groups is 1. The Balaban J connectivity index is 2.25. The molecule has 10 heteroatoms. The molecule has 0 aliphatic heterocycles. The van der Waals surface area contributed by atoms with Gasteiger partial charge in [0.25, 0.3) is 5.56 Å². The third-order valence-electron chi connectivity index (χ3n) is 3.24. The predicted molar refractivity (Wildman–Crippen MR) is 73.4 cm³/mol. The highest BCUT2D eigenvalue weighted by Crippen LogP contribution is 2.05. The zero-order valence-electron chi connectivity index (χ0n) is 11.9. The second-order valence-electron chi connectivity index (χ2n) is 4.70. The Bertz CT molecular complexity index is 976. The summed E-state index contributed by atoms with van der Waals surface area (Å²) >= 11 is 0. The van der Waals surface area contributed by atoms with E-state index >= 15 is 0 Å². The monoisotopic (exact) mass is 304 g/mol. The predicted octanol–water partition coefficient (Wildman–Crippen LogP) is -1.16. The molecule has 0 spiro atoms. The second-order valence-corrected chi connectivity index (χ2v) is 4.70. The lowest BCUT2D eigenvalue weighted by atomic mass is 10.4. The van der Waals surface area contributed by atoms with Crippen LogP contribution in [-0.2, 0) is 24.9 Å². The summed E-state index contributed by atoms with van der Waals surface area (Å²) in [4.78, 5) is 43.5. The van der Waals surface area contributed by atoms with Crippen LogP contribution in [0.3, 0.4) is 0 Å². The van der Waals surface area contributed by atoms with E-state index < -0.39 is 11.2 Å². The summed E-state index contributed by atoms with van der Waals surface area (Å²) < 4.78 is 8.54. The van der Waals surface area contributed by atoms with Crippen LogP contribution in [0.4, 0.5) is 0 Å². The van der Waals surface area contributed by atoms with Gasteiger partial charge in [-0.05, 0) is 6.92 Å². The largest absolute Gasteiger partial charge is 0.337 e. The Morgan fingerprint density at radius 3 is 2.77 bits per heavy atom. The quantitative estimate of drug-likeness (QED) is 0.557. The summed E-state index contributed by atoms with van der Waals surface area (Å²) in [6.07, 6.45) is 2.00. The van der Waals surface area contributed by atoms with Crippen LogP contribution in [0, 0.1) is 6.92 Å². The highest BCUT2D eigenvalue weighted by Gasteiger charge is 2.17. The molecule has 3 heterocycles. The number of aldehydes is 1. The van der Waals surface area contributed by atoms with E-state index in [9.17, 15) is 14.4 Å². The van der Waals surface area contributed by atoms with E-state index in [4.69, 9.17) is 4.52 Å². The first-order valence-corrected chi connectivity index (χ1v) is 6.40. The van der Waals surface area contributed by atoms with Crippen molar-refractivity contribution < 1.29 is 9.32 Å². The summed E-state index contributed by atoms with van der Waals surface area (Å²) in [6, 6.07) is 0. The Kier molecular flexibility index (Phi) is 3.20. The van der Waals surface area contributed by atoms with Crippen molar-refractivity contribution in [3.8, 4) is 0 Å². The van der Waals surface area contributed by atoms with Crippen molar-refractivity contribution in [1.29, 1.82) is 0 Å². The molecule has 0 atom stereocenters. The van der Waals surface area contributed by atoms with Crippen LogP contribution in [-0.4, -0.2) is 35.1 Å².